The second kappa shape index (κ2) is 16.0. The SMILES string of the molecule is CC.CCCC([C-]=O)NC(=O)CS.[U]. The first-order chi connectivity index (χ1) is 6.24. The van der Waals surface area contributed by atoms with E-state index in [1.807, 2.05) is 20.8 Å². The fourth-order valence-corrected chi connectivity index (χ4v) is 0.780. The van der Waals surface area contributed by atoms with Gasteiger partial charge in [0.05, 0.1) is 5.75 Å². The molecule has 0 aliphatic rings. The Bertz CT molecular complexity index is 145. The summed E-state index contributed by atoms with van der Waals surface area (Å²) in [6.07, 6.45) is 3.25. The van der Waals surface area contributed by atoms with Gasteiger partial charge in [0.25, 0.3) is 0 Å². The van der Waals surface area contributed by atoms with E-state index in [4.69, 9.17) is 0 Å². The van der Waals surface area contributed by atoms with Crippen molar-refractivity contribution in [3.05, 3.63) is 0 Å². The van der Waals surface area contributed by atoms with Gasteiger partial charge in [-0.2, -0.15) is 12.6 Å². The molecule has 0 heterocycles. The van der Waals surface area contributed by atoms with E-state index in [9.17, 15) is 9.59 Å². The van der Waals surface area contributed by atoms with E-state index >= 15 is 0 Å². The van der Waals surface area contributed by atoms with Gasteiger partial charge in [-0.3, -0.25) is 4.79 Å². The van der Waals surface area contributed by atoms with Crippen LogP contribution in [0.5, 0.6) is 0 Å². The summed E-state index contributed by atoms with van der Waals surface area (Å²) in [7, 11) is 0. The van der Waals surface area contributed by atoms with Gasteiger partial charge in [0.15, 0.2) is 0 Å². The summed E-state index contributed by atoms with van der Waals surface area (Å²) in [6.45, 7) is 5.94. The zero-order chi connectivity index (χ0) is 10.7. The predicted molar refractivity (Wildman–Crippen MR) is 57.7 cm³/mol. The summed E-state index contributed by atoms with van der Waals surface area (Å²) in [5, 5.41) is 2.48. The molecule has 0 aliphatic carbocycles. The van der Waals surface area contributed by atoms with Crippen LogP contribution in [0.1, 0.15) is 33.6 Å². The number of amides is 1. The Kier molecular flexibility index (Phi) is 22.9. The van der Waals surface area contributed by atoms with Crippen molar-refractivity contribution in [1.29, 1.82) is 0 Å². The normalized spacial score (nSPS) is 10.0. The Morgan fingerprint density at radius 2 is 2.00 bits per heavy atom. The van der Waals surface area contributed by atoms with Gasteiger partial charge in [-0.15, -0.1) is 0 Å². The molecule has 0 aliphatic heterocycles. The van der Waals surface area contributed by atoms with Crippen LogP contribution in [0.3, 0.4) is 0 Å². The summed E-state index contributed by atoms with van der Waals surface area (Å²) in [5.41, 5.74) is 0. The Balaban J connectivity index is -0.000000376. The van der Waals surface area contributed by atoms with Crippen LogP contribution in [0, 0.1) is 31.1 Å². The average Bonchev–Trinajstić information content (AvgIpc) is 2.20. The number of rotatable bonds is 5. The van der Waals surface area contributed by atoms with E-state index in [2.05, 4.69) is 17.9 Å². The molecule has 1 unspecified atom stereocenters. The van der Waals surface area contributed by atoms with Crippen molar-refractivity contribution in [1.82, 2.24) is 5.32 Å². The van der Waals surface area contributed by atoms with Gasteiger partial charge in [0.2, 0.25) is 5.91 Å². The molecule has 14 heavy (non-hydrogen) atoms. The molecule has 1 atom stereocenters. The van der Waals surface area contributed by atoms with E-state index in [1.54, 1.807) is 6.29 Å². The smallest absolute Gasteiger partial charge is 0.227 e. The molecule has 0 saturated carbocycles. The molecule has 0 aromatic heterocycles. The van der Waals surface area contributed by atoms with E-state index < -0.39 is 6.04 Å². The minimum atomic E-state index is -0.459. The van der Waals surface area contributed by atoms with Gasteiger partial charge >= 0.3 is 0 Å². The van der Waals surface area contributed by atoms with E-state index in [0.717, 1.165) is 6.42 Å². The van der Waals surface area contributed by atoms with Gasteiger partial charge in [0.1, 0.15) is 0 Å². The first kappa shape index (κ1) is 20.0. The van der Waals surface area contributed by atoms with Crippen LogP contribution in [-0.2, 0) is 9.59 Å². The molecule has 0 radical (unpaired) electrons. The third-order valence-corrected chi connectivity index (χ3v) is 1.49. The van der Waals surface area contributed by atoms with Crippen LogP contribution in [-0.4, -0.2) is 24.0 Å². The second-order valence-electron chi connectivity index (χ2n) is 2.18. The number of carbonyl (C=O) groups is 1. The van der Waals surface area contributed by atoms with E-state index in [-0.39, 0.29) is 42.8 Å². The number of hydrogen-bond donors (Lipinski definition) is 2. The molecular formula is C9H18NO2SU-. The molecule has 0 aromatic rings. The molecule has 0 saturated heterocycles. The summed E-state index contributed by atoms with van der Waals surface area (Å²) in [4.78, 5) is 20.9. The van der Waals surface area contributed by atoms with Crippen molar-refractivity contribution in [2.24, 2.45) is 0 Å². The molecular weight excluding hydrogens is 424 g/mol. The third-order valence-electron chi connectivity index (χ3n) is 1.20. The van der Waals surface area contributed by atoms with Gasteiger partial charge < -0.3 is 10.1 Å². The number of nitrogens with one attached hydrogen (secondary N) is 1. The molecule has 5 heteroatoms. The zero-order valence-corrected chi connectivity index (χ0v) is 14.0. The quantitative estimate of drug-likeness (QED) is 0.499. The molecule has 0 aromatic carbocycles. The van der Waals surface area contributed by atoms with Gasteiger partial charge in [-0.25, -0.2) is 6.29 Å². The average molecular weight is 442 g/mol. The van der Waals surface area contributed by atoms with Crippen molar-refractivity contribution < 1.29 is 40.7 Å². The van der Waals surface area contributed by atoms with Crippen molar-refractivity contribution in [3.63, 3.8) is 0 Å². The molecule has 0 spiro atoms. The van der Waals surface area contributed by atoms with Crippen LogP contribution in [0.25, 0.3) is 0 Å². The first-order valence-corrected chi connectivity index (χ1v) is 5.15. The van der Waals surface area contributed by atoms with Crippen LogP contribution in [0.15, 0.2) is 0 Å². The Labute approximate surface area is 116 Å². The van der Waals surface area contributed by atoms with Crippen LogP contribution >= 0.6 is 12.6 Å². The number of thiol groups is 1. The first-order valence-electron chi connectivity index (χ1n) is 4.52. The molecule has 0 bridgehead atoms. The van der Waals surface area contributed by atoms with E-state index in [1.165, 1.54) is 0 Å². The van der Waals surface area contributed by atoms with Crippen molar-refractivity contribution in [2.45, 2.75) is 39.7 Å². The van der Waals surface area contributed by atoms with Crippen LogP contribution in [0.2, 0.25) is 0 Å². The predicted octanol–water partition coefficient (Wildman–Crippen LogP) is 1.34. The van der Waals surface area contributed by atoms with Crippen LogP contribution < -0.4 is 5.32 Å². The van der Waals surface area contributed by atoms with Gasteiger partial charge in [0, 0.05) is 31.1 Å². The van der Waals surface area contributed by atoms with Crippen molar-refractivity contribution in [2.75, 3.05) is 5.75 Å². The topological polar surface area (TPSA) is 46.2 Å². The van der Waals surface area contributed by atoms with Gasteiger partial charge in [-0.05, 0) is 0 Å². The standard InChI is InChI=1S/C7H12NO2S.C2H6.U/c1-2-3-6(4-9)8-7(10)5-11;1-2;/h6,11H,2-3,5H2,1H3,(H,8,10);1-2H3;/q-1;;. The minimum absolute atomic E-state index is 0. The molecule has 3 nitrogen and oxygen atoms in total. The monoisotopic (exact) mass is 442 g/mol. The number of carbonyl (C=O) groups excluding carboxylic acids is 2. The maximum Gasteiger partial charge on any atom is 0.227 e. The van der Waals surface area contributed by atoms with Gasteiger partial charge in [-0.1, -0.05) is 39.7 Å². The molecule has 0 fully saturated rings. The van der Waals surface area contributed by atoms with Crippen molar-refractivity contribution in [3.8, 4) is 0 Å². The Morgan fingerprint density at radius 3 is 2.29 bits per heavy atom. The summed E-state index contributed by atoms with van der Waals surface area (Å²) in [6, 6.07) is -0.459. The number of hydrogen-bond acceptors (Lipinski definition) is 3. The van der Waals surface area contributed by atoms with Crippen molar-refractivity contribution >= 4 is 24.8 Å². The Morgan fingerprint density at radius 1 is 1.50 bits per heavy atom. The second-order valence-corrected chi connectivity index (χ2v) is 2.50. The largest absolute Gasteiger partial charge is 0.540 e. The van der Waals surface area contributed by atoms with E-state index in [0.29, 0.717) is 6.42 Å². The fourth-order valence-electron chi connectivity index (χ4n) is 0.689. The summed E-state index contributed by atoms with van der Waals surface area (Å²) in [5.74, 6) is -0.114. The molecule has 1 amide bonds. The van der Waals surface area contributed by atoms with Crippen LogP contribution in [0.4, 0.5) is 0 Å². The molecule has 82 valence electrons. The molecule has 1 N–H and O–H groups in total. The Hall–Kier alpha value is 0.542. The third kappa shape index (κ3) is 12.5. The zero-order valence-electron chi connectivity index (χ0n) is 8.96. The summed E-state index contributed by atoms with van der Waals surface area (Å²) < 4.78 is 0. The maximum absolute atomic E-state index is 10.7. The fraction of sp³-hybridized carbons (Fsp3) is 0.778. The molecule has 0 rings (SSSR count). The summed E-state index contributed by atoms with van der Waals surface area (Å²) >= 11 is 3.76. The minimum Gasteiger partial charge on any atom is -0.540 e. The maximum atomic E-state index is 10.7.